The van der Waals surface area contributed by atoms with Crippen LogP contribution in [0.3, 0.4) is 0 Å². The van der Waals surface area contributed by atoms with Gasteiger partial charge in [-0.05, 0) is 17.7 Å². The molecule has 0 saturated heterocycles. The van der Waals surface area contributed by atoms with Crippen LogP contribution in [0.4, 0.5) is 0 Å². The molecule has 1 aromatic rings. The van der Waals surface area contributed by atoms with Gasteiger partial charge in [0.2, 0.25) is 0 Å². The van der Waals surface area contributed by atoms with E-state index in [1.807, 2.05) is 6.07 Å². The molecule has 0 amide bonds. The van der Waals surface area contributed by atoms with Crippen molar-refractivity contribution in [1.82, 2.24) is 0 Å². The van der Waals surface area contributed by atoms with Crippen molar-refractivity contribution in [3.05, 3.63) is 41.0 Å². The number of allylic oxidation sites excluding steroid dienone is 1. The second-order valence-corrected chi connectivity index (χ2v) is 2.48. The molecule has 3 nitrogen and oxygen atoms in total. The highest BCUT2D eigenvalue weighted by molar-refractivity contribution is 5.66. The Balaban J connectivity index is 3.25. The van der Waals surface area contributed by atoms with E-state index < -0.39 is 0 Å². The molecule has 0 N–H and O–H groups in total. The SMILES string of the molecule is N#CC(C#N)=Cc1ccccc1C#N. The number of rotatable bonds is 1. The summed E-state index contributed by atoms with van der Waals surface area (Å²) in [6.07, 6.45) is 1.40. The minimum absolute atomic E-state index is 0.00676. The van der Waals surface area contributed by atoms with E-state index in [1.54, 1.807) is 36.4 Å². The Morgan fingerprint density at radius 2 is 1.71 bits per heavy atom. The van der Waals surface area contributed by atoms with Gasteiger partial charge in [0.25, 0.3) is 0 Å². The highest BCUT2D eigenvalue weighted by Gasteiger charge is 1.99. The molecule has 0 atom stereocenters. The lowest BCUT2D eigenvalue weighted by Crippen LogP contribution is -1.82. The summed E-state index contributed by atoms with van der Waals surface area (Å²) in [4.78, 5) is 0. The van der Waals surface area contributed by atoms with Gasteiger partial charge in [-0.2, -0.15) is 15.8 Å². The fourth-order valence-electron chi connectivity index (χ4n) is 0.970. The molecule has 3 heteroatoms. The maximum Gasteiger partial charge on any atom is 0.130 e. The van der Waals surface area contributed by atoms with Crippen LogP contribution < -0.4 is 0 Å². The first kappa shape index (κ1) is 9.52. The molecule has 0 spiro atoms. The second kappa shape index (κ2) is 4.45. The first-order valence-electron chi connectivity index (χ1n) is 3.83. The second-order valence-electron chi connectivity index (χ2n) is 2.48. The van der Waals surface area contributed by atoms with Crippen LogP contribution in [-0.4, -0.2) is 0 Å². The predicted molar refractivity (Wildman–Crippen MR) is 50.4 cm³/mol. The van der Waals surface area contributed by atoms with Crippen molar-refractivity contribution in [3.63, 3.8) is 0 Å². The monoisotopic (exact) mass is 179 g/mol. The van der Waals surface area contributed by atoms with Gasteiger partial charge in [-0.25, -0.2) is 0 Å². The molecule has 0 heterocycles. The summed E-state index contributed by atoms with van der Waals surface area (Å²) >= 11 is 0. The molecule has 1 rings (SSSR count). The average molecular weight is 179 g/mol. The smallest absolute Gasteiger partial charge is 0.130 e. The van der Waals surface area contributed by atoms with Crippen molar-refractivity contribution in [2.75, 3.05) is 0 Å². The van der Waals surface area contributed by atoms with Crippen LogP contribution in [0.5, 0.6) is 0 Å². The molecule has 1 aromatic carbocycles. The molecule has 0 unspecified atom stereocenters. The summed E-state index contributed by atoms with van der Waals surface area (Å²) < 4.78 is 0. The Hall–Kier alpha value is -2.57. The number of nitriles is 3. The quantitative estimate of drug-likeness (QED) is 0.619. The minimum atomic E-state index is -0.00676. The van der Waals surface area contributed by atoms with E-state index in [0.29, 0.717) is 11.1 Å². The van der Waals surface area contributed by atoms with Crippen LogP contribution in [0, 0.1) is 34.0 Å². The van der Waals surface area contributed by atoms with Crippen LogP contribution in [0.1, 0.15) is 11.1 Å². The van der Waals surface area contributed by atoms with Gasteiger partial charge in [-0.15, -0.1) is 0 Å². The molecule has 0 aromatic heterocycles. The summed E-state index contributed by atoms with van der Waals surface area (Å²) in [6.45, 7) is 0. The highest BCUT2D eigenvalue weighted by Crippen LogP contribution is 2.11. The van der Waals surface area contributed by atoms with Crippen LogP contribution >= 0.6 is 0 Å². The standard InChI is InChI=1S/C11H5N3/c12-6-9(7-13)5-10-3-1-2-4-11(10)8-14/h1-5H. The summed E-state index contributed by atoms with van der Waals surface area (Å²) in [7, 11) is 0. The maximum atomic E-state index is 8.73. The third-order valence-corrected chi connectivity index (χ3v) is 1.62. The van der Waals surface area contributed by atoms with Crippen molar-refractivity contribution >= 4 is 6.08 Å². The summed E-state index contributed by atoms with van der Waals surface area (Å²) in [5.74, 6) is 0. The van der Waals surface area contributed by atoms with Gasteiger partial charge in [0.15, 0.2) is 0 Å². The van der Waals surface area contributed by atoms with Crippen molar-refractivity contribution in [2.24, 2.45) is 0 Å². The van der Waals surface area contributed by atoms with Gasteiger partial charge in [0, 0.05) is 0 Å². The lowest BCUT2D eigenvalue weighted by molar-refractivity contribution is 1.45. The average Bonchev–Trinajstić information content (AvgIpc) is 2.26. The zero-order chi connectivity index (χ0) is 10.4. The van der Waals surface area contributed by atoms with E-state index >= 15 is 0 Å². The topological polar surface area (TPSA) is 71.4 Å². The molecular formula is C11H5N3. The lowest BCUT2D eigenvalue weighted by Gasteiger charge is -1.94. The fraction of sp³-hybridized carbons (Fsp3) is 0. The molecule has 0 aliphatic rings. The molecule has 0 radical (unpaired) electrons. The van der Waals surface area contributed by atoms with Gasteiger partial charge in [0.05, 0.1) is 11.6 Å². The number of hydrogen-bond donors (Lipinski definition) is 0. The molecule has 64 valence electrons. The number of hydrogen-bond acceptors (Lipinski definition) is 3. The van der Waals surface area contributed by atoms with E-state index in [4.69, 9.17) is 15.8 Å². The van der Waals surface area contributed by atoms with Gasteiger partial charge >= 0.3 is 0 Å². The Kier molecular flexibility index (Phi) is 3.03. The molecule has 0 aliphatic carbocycles. The Labute approximate surface area is 81.7 Å². The third kappa shape index (κ3) is 1.97. The molecule has 14 heavy (non-hydrogen) atoms. The van der Waals surface area contributed by atoms with Crippen LogP contribution in [0.2, 0.25) is 0 Å². The van der Waals surface area contributed by atoms with Crippen LogP contribution in [-0.2, 0) is 0 Å². The Morgan fingerprint density at radius 1 is 1.07 bits per heavy atom. The zero-order valence-corrected chi connectivity index (χ0v) is 7.23. The predicted octanol–water partition coefficient (Wildman–Crippen LogP) is 1.99. The summed E-state index contributed by atoms with van der Waals surface area (Å²) in [6, 6.07) is 12.3. The van der Waals surface area contributed by atoms with Crippen molar-refractivity contribution in [1.29, 1.82) is 15.8 Å². The third-order valence-electron chi connectivity index (χ3n) is 1.62. The van der Waals surface area contributed by atoms with Crippen LogP contribution in [0.15, 0.2) is 29.8 Å². The minimum Gasteiger partial charge on any atom is -0.192 e. The summed E-state index contributed by atoms with van der Waals surface area (Å²) in [5.41, 5.74) is 1.04. The highest BCUT2D eigenvalue weighted by atomic mass is 14.3. The van der Waals surface area contributed by atoms with E-state index in [1.165, 1.54) is 6.08 Å². The van der Waals surface area contributed by atoms with E-state index in [9.17, 15) is 0 Å². The fourth-order valence-corrected chi connectivity index (χ4v) is 0.970. The molecule has 0 aliphatic heterocycles. The van der Waals surface area contributed by atoms with E-state index in [2.05, 4.69) is 0 Å². The van der Waals surface area contributed by atoms with Crippen molar-refractivity contribution < 1.29 is 0 Å². The van der Waals surface area contributed by atoms with E-state index in [-0.39, 0.29) is 5.57 Å². The number of nitrogens with zero attached hydrogens (tertiary/aromatic N) is 3. The van der Waals surface area contributed by atoms with Crippen molar-refractivity contribution in [2.45, 2.75) is 0 Å². The number of benzene rings is 1. The molecular weight excluding hydrogens is 174 g/mol. The summed E-state index contributed by atoms with van der Waals surface area (Å²) in [5, 5.41) is 25.8. The Bertz CT molecular complexity index is 476. The zero-order valence-electron chi connectivity index (χ0n) is 7.23. The normalized spacial score (nSPS) is 7.79. The Morgan fingerprint density at radius 3 is 2.29 bits per heavy atom. The first-order valence-corrected chi connectivity index (χ1v) is 3.83. The van der Waals surface area contributed by atoms with Gasteiger partial charge in [-0.1, -0.05) is 18.2 Å². The van der Waals surface area contributed by atoms with Crippen LogP contribution in [0.25, 0.3) is 6.08 Å². The van der Waals surface area contributed by atoms with E-state index in [0.717, 1.165) is 0 Å². The largest absolute Gasteiger partial charge is 0.192 e. The lowest BCUT2D eigenvalue weighted by atomic mass is 10.1. The van der Waals surface area contributed by atoms with Crippen molar-refractivity contribution in [3.8, 4) is 18.2 Å². The molecule has 0 saturated carbocycles. The van der Waals surface area contributed by atoms with Gasteiger partial charge in [-0.3, -0.25) is 0 Å². The first-order chi connectivity index (χ1) is 6.81. The molecule has 0 bridgehead atoms. The van der Waals surface area contributed by atoms with Gasteiger partial charge < -0.3 is 0 Å². The van der Waals surface area contributed by atoms with Gasteiger partial charge in [0.1, 0.15) is 17.7 Å². The maximum absolute atomic E-state index is 8.73. The molecule has 0 fully saturated rings.